The van der Waals surface area contributed by atoms with Gasteiger partial charge in [0.25, 0.3) is 5.56 Å². The second kappa shape index (κ2) is 11.8. The minimum atomic E-state index is -0.585. The standard InChI is InChI=1S/C24H23N5O5/c1-3-33-20(30)12-13-34-22-17(10-7-11-19(22)32-2)15-26-29-24-27-21(16-8-5-4-6-9-16)18(14-25)23(31)28-24/h4-11,15H,3,12-13H2,1-2H3,(H2,27,28,29,31). The minimum absolute atomic E-state index is 0.0618. The van der Waals surface area contributed by atoms with E-state index in [1.54, 1.807) is 49.4 Å². The molecule has 0 saturated heterocycles. The largest absolute Gasteiger partial charge is 0.493 e. The average Bonchev–Trinajstić information content (AvgIpc) is 2.85. The van der Waals surface area contributed by atoms with Crippen LogP contribution in [0.1, 0.15) is 24.5 Å². The number of nitrogens with one attached hydrogen (secondary N) is 2. The fourth-order valence-corrected chi connectivity index (χ4v) is 3.02. The van der Waals surface area contributed by atoms with Crippen LogP contribution in [0.4, 0.5) is 5.95 Å². The number of hydrogen-bond donors (Lipinski definition) is 2. The molecule has 0 spiro atoms. The minimum Gasteiger partial charge on any atom is -0.493 e. The van der Waals surface area contributed by atoms with E-state index in [-0.39, 0.29) is 36.2 Å². The lowest BCUT2D eigenvalue weighted by Crippen LogP contribution is -2.16. The number of nitrogens with zero attached hydrogens (tertiary/aromatic N) is 3. The van der Waals surface area contributed by atoms with Crippen molar-refractivity contribution in [3.63, 3.8) is 0 Å². The molecule has 3 aromatic rings. The summed E-state index contributed by atoms with van der Waals surface area (Å²) < 4.78 is 16.0. The number of H-pyrrole nitrogens is 1. The summed E-state index contributed by atoms with van der Waals surface area (Å²) in [5.74, 6) is 0.557. The highest BCUT2D eigenvalue weighted by atomic mass is 16.5. The highest BCUT2D eigenvalue weighted by Crippen LogP contribution is 2.30. The second-order valence-corrected chi connectivity index (χ2v) is 6.77. The van der Waals surface area contributed by atoms with E-state index >= 15 is 0 Å². The molecule has 10 nitrogen and oxygen atoms in total. The summed E-state index contributed by atoms with van der Waals surface area (Å²) >= 11 is 0. The molecular weight excluding hydrogens is 438 g/mol. The quantitative estimate of drug-likeness (QED) is 0.267. The lowest BCUT2D eigenvalue weighted by Gasteiger charge is -2.13. The summed E-state index contributed by atoms with van der Waals surface area (Å²) in [6, 6.07) is 16.0. The number of methoxy groups -OCH3 is 1. The Labute approximate surface area is 195 Å². The van der Waals surface area contributed by atoms with Crippen LogP contribution in [-0.4, -0.2) is 42.5 Å². The third kappa shape index (κ3) is 5.98. The Morgan fingerprint density at radius 1 is 1.24 bits per heavy atom. The molecule has 1 heterocycles. The van der Waals surface area contributed by atoms with Crippen LogP contribution in [0.5, 0.6) is 11.5 Å². The number of hydrogen-bond acceptors (Lipinski definition) is 9. The first-order chi connectivity index (χ1) is 16.6. The molecule has 1 aromatic heterocycles. The third-order valence-corrected chi connectivity index (χ3v) is 4.54. The molecule has 2 N–H and O–H groups in total. The van der Waals surface area contributed by atoms with Crippen LogP contribution in [0.25, 0.3) is 11.3 Å². The van der Waals surface area contributed by atoms with Gasteiger partial charge in [0.15, 0.2) is 11.5 Å². The van der Waals surface area contributed by atoms with Gasteiger partial charge in [-0.2, -0.15) is 10.4 Å². The van der Waals surface area contributed by atoms with Crippen molar-refractivity contribution in [1.29, 1.82) is 5.26 Å². The number of carbonyl (C=O) groups excluding carboxylic acids is 1. The van der Waals surface area contributed by atoms with E-state index in [1.807, 2.05) is 12.1 Å². The molecule has 3 rings (SSSR count). The molecule has 0 bridgehead atoms. The van der Waals surface area contributed by atoms with Crippen LogP contribution < -0.4 is 20.5 Å². The van der Waals surface area contributed by atoms with Gasteiger partial charge in [-0.05, 0) is 19.1 Å². The highest BCUT2D eigenvalue weighted by molar-refractivity contribution is 5.85. The van der Waals surface area contributed by atoms with Crippen LogP contribution in [0, 0.1) is 11.3 Å². The number of para-hydroxylation sites is 1. The molecule has 0 aliphatic rings. The van der Waals surface area contributed by atoms with E-state index in [0.29, 0.717) is 29.2 Å². The van der Waals surface area contributed by atoms with Gasteiger partial charge in [0, 0.05) is 11.1 Å². The van der Waals surface area contributed by atoms with E-state index in [4.69, 9.17) is 14.2 Å². The lowest BCUT2D eigenvalue weighted by atomic mass is 10.1. The van der Waals surface area contributed by atoms with Gasteiger partial charge in [0.1, 0.15) is 11.6 Å². The fraction of sp³-hybridized carbons (Fsp3) is 0.208. The topological polar surface area (TPSA) is 139 Å². The van der Waals surface area contributed by atoms with Gasteiger partial charge in [0.2, 0.25) is 5.95 Å². The fourth-order valence-electron chi connectivity index (χ4n) is 3.02. The maximum Gasteiger partial charge on any atom is 0.309 e. The summed E-state index contributed by atoms with van der Waals surface area (Å²) in [6.45, 7) is 2.13. The SMILES string of the molecule is CCOC(=O)CCOc1c(C=NNc2nc(-c3ccccc3)c(C#N)c(=O)[nH]2)cccc1OC. The maximum atomic E-state index is 12.4. The van der Waals surface area contributed by atoms with Gasteiger partial charge in [0.05, 0.1) is 38.7 Å². The van der Waals surface area contributed by atoms with E-state index in [9.17, 15) is 14.9 Å². The van der Waals surface area contributed by atoms with E-state index < -0.39 is 5.56 Å². The Balaban J connectivity index is 1.81. The highest BCUT2D eigenvalue weighted by Gasteiger charge is 2.14. The summed E-state index contributed by atoms with van der Waals surface area (Å²) in [6.07, 6.45) is 1.54. The second-order valence-electron chi connectivity index (χ2n) is 6.77. The number of rotatable bonds is 10. The number of aromatic nitrogens is 2. The number of carbonyl (C=O) groups is 1. The van der Waals surface area contributed by atoms with Gasteiger partial charge in [-0.25, -0.2) is 10.4 Å². The van der Waals surface area contributed by atoms with Crippen molar-refractivity contribution < 1.29 is 19.0 Å². The normalized spacial score (nSPS) is 10.5. The van der Waals surface area contributed by atoms with Gasteiger partial charge in [-0.3, -0.25) is 14.6 Å². The Morgan fingerprint density at radius 3 is 2.74 bits per heavy atom. The lowest BCUT2D eigenvalue weighted by molar-refractivity contribution is -0.143. The maximum absolute atomic E-state index is 12.4. The molecule has 2 aromatic carbocycles. The smallest absolute Gasteiger partial charge is 0.309 e. The third-order valence-electron chi connectivity index (χ3n) is 4.54. The van der Waals surface area contributed by atoms with E-state index in [0.717, 1.165) is 0 Å². The molecule has 0 unspecified atom stereocenters. The van der Waals surface area contributed by atoms with Crippen LogP contribution in [0.3, 0.4) is 0 Å². The number of hydrazone groups is 1. The molecule has 10 heteroatoms. The molecular formula is C24H23N5O5. The monoisotopic (exact) mass is 461 g/mol. The number of aromatic amines is 1. The predicted molar refractivity (Wildman–Crippen MR) is 126 cm³/mol. The first-order valence-corrected chi connectivity index (χ1v) is 10.4. The summed E-state index contributed by atoms with van der Waals surface area (Å²) in [5, 5.41) is 13.5. The molecule has 0 aliphatic carbocycles. The average molecular weight is 461 g/mol. The Morgan fingerprint density at radius 2 is 2.03 bits per heavy atom. The summed E-state index contributed by atoms with van der Waals surface area (Å²) in [5.41, 5.74) is 3.43. The Hall–Kier alpha value is -4.65. The van der Waals surface area contributed by atoms with Gasteiger partial charge < -0.3 is 14.2 Å². The molecule has 174 valence electrons. The number of esters is 1. The first kappa shape index (κ1) is 24.0. The molecule has 0 fully saturated rings. The Kier molecular flexibility index (Phi) is 8.35. The van der Waals surface area contributed by atoms with Crippen molar-refractivity contribution in [3.05, 3.63) is 70.0 Å². The van der Waals surface area contributed by atoms with Crippen molar-refractivity contribution in [2.24, 2.45) is 5.10 Å². The zero-order valence-electron chi connectivity index (χ0n) is 18.7. The number of ether oxygens (including phenoxy) is 3. The van der Waals surface area contributed by atoms with Crippen molar-refractivity contribution in [2.45, 2.75) is 13.3 Å². The van der Waals surface area contributed by atoms with Crippen LogP contribution in [0.15, 0.2) is 58.4 Å². The predicted octanol–water partition coefficient (Wildman–Crippen LogP) is 3.10. The Bertz CT molecular complexity index is 1260. The van der Waals surface area contributed by atoms with Crippen molar-refractivity contribution >= 4 is 18.1 Å². The molecule has 34 heavy (non-hydrogen) atoms. The number of benzene rings is 2. The summed E-state index contributed by atoms with van der Waals surface area (Å²) in [7, 11) is 1.50. The molecule has 0 atom stereocenters. The molecule has 0 saturated carbocycles. The zero-order chi connectivity index (χ0) is 24.3. The number of anilines is 1. The van der Waals surface area contributed by atoms with Crippen molar-refractivity contribution in [3.8, 4) is 28.8 Å². The van der Waals surface area contributed by atoms with E-state index in [1.165, 1.54) is 13.3 Å². The van der Waals surface area contributed by atoms with Crippen LogP contribution in [0.2, 0.25) is 0 Å². The summed E-state index contributed by atoms with van der Waals surface area (Å²) in [4.78, 5) is 30.8. The first-order valence-electron chi connectivity index (χ1n) is 10.4. The van der Waals surface area contributed by atoms with Gasteiger partial charge in [-0.1, -0.05) is 36.4 Å². The van der Waals surface area contributed by atoms with Crippen LogP contribution in [-0.2, 0) is 9.53 Å². The van der Waals surface area contributed by atoms with Gasteiger partial charge >= 0.3 is 5.97 Å². The van der Waals surface area contributed by atoms with Crippen LogP contribution >= 0.6 is 0 Å². The van der Waals surface area contributed by atoms with E-state index in [2.05, 4.69) is 20.5 Å². The zero-order valence-corrected chi connectivity index (χ0v) is 18.7. The molecule has 0 amide bonds. The van der Waals surface area contributed by atoms with Gasteiger partial charge in [-0.15, -0.1) is 0 Å². The van der Waals surface area contributed by atoms with Crippen molar-refractivity contribution in [1.82, 2.24) is 9.97 Å². The molecule has 0 radical (unpaired) electrons. The number of nitriles is 1. The molecule has 0 aliphatic heterocycles. The van der Waals surface area contributed by atoms with Crippen molar-refractivity contribution in [2.75, 3.05) is 25.7 Å².